The first-order chi connectivity index (χ1) is 11.8. The maximum absolute atomic E-state index is 3.59. The lowest BCUT2D eigenvalue weighted by molar-refractivity contribution is 0.459. The van der Waals surface area contributed by atoms with Gasteiger partial charge >= 0.3 is 0 Å². The molecule has 2 aliphatic rings. The standard InChI is InChI=1S/C21H27N3/c1-15-19(17-8-11-22-12-9-17)14-24-20(15)10-13-23-21-7-6-16-4-2-3-5-18(16)21/h2-5,10,13-14,17,21-24H,6-9,11-12H2,1H3/b13-10+. The molecule has 2 heterocycles. The number of H-pyrrole nitrogens is 1. The van der Waals surface area contributed by atoms with E-state index >= 15 is 0 Å². The first-order valence-electron chi connectivity index (χ1n) is 9.22. The van der Waals surface area contributed by atoms with Crippen molar-refractivity contribution in [1.29, 1.82) is 0 Å². The summed E-state index contributed by atoms with van der Waals surface area (Å²) < 4.78 is 0. The van der Waals surface area contributed by atoms with E-state index in [9.17, 15) is 0 Å². The maximum Gasteiger partial charge on any atom is 0.0514 e. The van der Waals surface area contributed by atoms with Crippen LogP contribution in [0.4, 0.5) is 0 Å². The molecule has 3 nitrogen and oxygen atoms in total. The lowest BCUT2D eigenvalue weighted by Gasteiger charge is -2.22. The lowest BCUT2D eigenvalue weighted by Crippen LogP contribution is -2.26. The molecule has 0 spiro atoms. The molecule has 1 aliphatic carbocycles. The van der Waals surface area contributed by atoms with Crippen LogP contribution in [0.2, 0.25) is 0 Å². The van der Waals surface area contributed by atoms with Gasteiger partial charge in [-0.1, -0.05) is 24.3 Å². The molecule has 1 aromatic carbocycles. The second-order valence-electron chi connectivity index (χ2n) is 7.10. The normalized spacial score (nSPS) is 21.3. The molecule has 1 aromatic heterocycles. The predicted octanol–water partition coefficient (Wildman–Crippen LogP) is 4.04. The van der Waals surface area contributed by atoms with Gasteiger partial charge in [0.15, 0.2) is 0 Å². The Bertz CT molecular complexity index is 722. The minimum Gasteiger partial charge on any atom is -0.384 e. The van der Waals surface area contributed by atoms with Gasteiger partial charge in [0.25, 0.3) is 0 Å². The van der Waals surface area contributed by atoms with E-state index in [1.807, 2.05) is 0 Å². The fraction of sp³-hybridized carbons (Fsp3) is 0.429. The molecule has 1 aliphatic heterocycles. The van der Waals surface area contributed by atoms with Crippen LogP contribution in [0.3, 0.4) is 0 Å². The van der Waals surface area contributed by atoms with Crippen LogP contribution >= 0.6 is 0 Å². The van der Waals surface area contributed by atoms with E-state index in [0.29, 0.717) is 12.0 Å². The molecule has 3 heteroatoms. The van der Waals surface area contributed by atoms with E-state index in [2.05, 4.69) is 65.3 Å². The van der Waals surface area contributed by atoms with Crippen LogP contribution in [0.25, 0.3) is 6.08 Å². The summed E-state index contributed by atoms with van der Waals surface area (Å²) >= 11 is 0. The topological polar surface area (TPSA) is 39.9 Å². The van der Waals surface area contributed by atoms with Crippen molar-refractivity contribution in [3.8, 4) is 0 Å². The molecule has 4 rings (SSSR count). The highest BCUT2D eigenvalue weighted by Gasteiger charge is 2.21. The Morgan fingerprint density at radius 2 is 1.92 bits per heavy atom. The zero-order chi connectivity index (χ0) is 16.4. The van der Waals surface area contributed by atoms with Crippen molar-refractivity contribution in [2.24, 2.45) is 0 Å². The van der Waals surface area contributed by atoms with E-state index in [4.69, 9.17) is 0 Å². The van der Waals surface area contributed by atoms with Crippen molar-refractivity contribution in [3.05, 3.63) is 64.6 Å². The van der Waals surface area contributed by atoms with Gasteiger partial charge in [0.05, 0.1) is 6.04 Å². The highest BCUT2D eigenvalue weighted by Crippen LogP contribution is 2.31. The number of benzene rings is 1. The third kappa shape index (κ3) is 3.01. The summed E-state index contributed by atoms with van der Waals surface area (Å²) in [7, 11) is 0. The third-order valence-electron chi connectivity index (χ3n) is 5.68. The highest BCUT2D eigenvalue weighted by molar-refractivity contribution is 5.52. The molecule has 126 valence electrons. The first kappa shape index (κ1) is 15.5. The Morgan fingerprint density at radius 1 is 1.08 bits per heavy atom. The summed E-state index contributed by atoms with van der Waals surface area (Å²) in [5.41, 5.74) is 7.10. The number of hydrogen-bond donors (Lipinski definition) is 3. The zero-order valence-electron chi connectivity index (χ0n) is 14.4. The van der Waals surface area contributed by atoms with Crippen LogP contribution in [0, 0.1) is 6.92 Å². The van der Waals surface area contributed by atoms with Gasteiger partial charge in [0.2, 0.25) is 0 Å². The van der Waals surface area contributed by atoms with Crippen LogP contribution < -0.4 is 10.6 Å². The molecule has 3 N–H and O–H groups in total. The van der Waals surface area contributed by atoms with Gasteiger partial charge < -0.3 is 15.6 Å². The Morgan fingerprint density at radius 3 is 2.79 bits per heavy atom. The SMILES string of the molecule is Cc1c(C2CCNCC2)c[nH]c1/C=C/NC1CCc2ccccc21. The number of nitrogens with one attached hydrogen (secondary N) is 3. The minimum absolute atomic E-state index is 0.455. The van der Waals surface area contributed by atoms with Crippen LogP contribution in [-0.4, -0.2) is 18.1 Å². The summed E-state index contributed by atoms with van der Waals surface area (Å²) in [6, 6.07) is 9.24. The fourth-order valence-electron chi connectivity index (χ4n) is 4.24. The third-order valence-corrected chi connectivity index (χ3v) is 5.68. The Kier molecular flexibility index (Phi) is 4.44. The Labute approximate surface area is 144 Å². The van der Waals surface area contributed by atoms with E-state index < -0.39 is 0 Å². The Balaban J connectivity index is 1.42. The number of aromatic nitrogens is 1. The number of hydrogen-bond acceptors (Lipinski definition) is 2. The van der Waals surface area contributed by atoms with Gasteiger partial charge in [-0.3, -0.25) is 0 Å². The largest absolute Gasteiger partial charge is 0.384 e. The van der Waals surface area contributed by atoms with Crippen LogP contribution in [0.5, 0.6) is 0 Å². The summed E-state index contributed by atoms with van der Waals surface area (Å²) in [5.74, 6) is 0.708. The predicted molar refractivity (Wildman–Crippen MR) is 100 cm³/mol. The summed E-state index contributed by atoms with van der Waals surface area (Å²) in [5, 5.41) is 7.04. The van der Waals surface area contributed by atoms with Crippen LogP contribution in [0.1, 0.15) is 59.2 Å². The molecular formula is C21H27N3. The number of fused-ring (bicyclic) bond motifs is 1. The average Bonchev–Trinajstić information content (AvgIpc) is 3.20. The summed E-state index contributed by atoms with van der Waals surface area (Å²) in [4.78, 5) is 3.47. The van der Waals surface area contributed by atoms with Crippen LogP contribution in [-0.2, 0) is 6.42 Å². The molecule has 1 saturated heterocycles. The molecule has 1 unspecified atom stereocenters. The van der Waals surface area contributed by atoms with Gasteiger partial charge in [0, 0.05) is 11.9 Å². The van der Waals surface area contributed by atoms with Gasteiger partial charge in [-0.2, -0.15) is 0 Å². The van der Waals surface area contributed by atoms with Crippen molar-refractivity contribution < 1.29 is 0 Å². The minimum atomic E-state index is 0.455. The molecule has 0 amide bonds. The van der Waals surface area contributed by atoms with E-state index in [1.54, 1.807) is 0 Å². The number of rotatable bonds is 4. The molecule has 0 bridgehead atoms. The lowest BCUT2D eigenvalue weighted by atomic mass is 9.89. The zero-order valence-corrected chi connectivity index (χ0v) is 14.4. The number of aryl methyl sites for hydroxylation is 1. The molecule has 24 heavy (non-hydrogen) atoms. The quantitative estimate of drug-likeness (QED) is 0.795. The first-order valence-corrected chi connectivity index (χ1v) is 9.22. The van der Waals surface area contributed by atoms with Gasteiger partial charge in [-0.25, -0.2) is 0 Å². The molecule has 0 saturated carbocycles. The van der Waals surface area contributed by atoms with Gasteiger partial charge in [0.1, 0.15) is 0 Å². The summed E-state index contributed by atoms with van der Waals surface area (Å²) in [6.07, 6.45) is 11.4. The number of aromatic amines is 1. The van der Waals surface area contributed by atoms with Gasteiger partial charge in [-0.05, 0) is 86.1 Å². The molecular weight excluding hydrogens is 294 g/mol. The Hall–Kier alpha value is -2.00. The van der Waals surface area contributed by atoms with Crippen molar-refractivity contribution in [1.82, 2.24) is 15.6 Å². The second kappa shape index (κ2) is 6.86. The van der Waals surface area contributed by atoms with Crippen molar-refractivity contribution in [3.63, 3.8) is 0 Å². The molecule has 1 fully saturated rings. The monoisotopic (exact) mass is 321 g/mol. The van der Waals surface area contributed by atoms with E-state index in [-0.39, 0.29) is 0 Å². The smallest absolute Gasteiger partial charge is 0.0514 e. The molecule has 0 radical (unpaired) electrons. The van der Waals surface area contributed by atoms with Gasteiger partial charge in [-0.15, -0.1) is 0 Å². The van der Waals surface area contributed by atoms with Crippen molar-refractivity contribution in [2.75, 3.05) is 13.1 Å². The van der Waals surface area contributed by atoms with Crippen LogP contribution in [0.15, 0.2) is 36.7 Å². The maximum atomic E-state index is 3.59. The second-order valence-corrected chi connectivity index (χ2v) is 7.10. The number of piperidine rings is 1. The molecule has 2 aromatic rings. The van der Waals surface area contributed by atoms with E-state index in [0.717, 1.165) is 13.1 Å². The fourth-order valence-corrected chi connectivity index (χ4v) is 4.24. The highest BCUT2D eigenvalue weighted by atomic mass is 14.9. The summed E-state index contributed by atoms with van der Waals surface area (Å²) in [6.45, 7) is 4.53. The molecule has 1 atom stereocenters. The van der Waals surface area contributed by atoms with Crippen molar-refractivity contribution in [2.45, 2.75) is 44.6 Å². The average molecular weight is 321 g/mol. The van der Waals surface area contributed by atoms with Crippen molar-refractivity contribution >= 4 is 6.08 Å². The van der Waals surface area contributed by atoms with E-state index in [1.165, 1.54) is 53.6 Å².